The highest BCUT2D eigenvalue weighted by atomic mass is 16.3. The third-order valence-electron chi connectivity index (χ3n) is 13.8. The zero-order valence-corrected chi connectivity index (χ0v) is 30.9. The minimum absolute atomic E-state index is 0.116. The molecule has 3 aromatic rings. The second kappa shape index (κ2) is 14.1. The molecule has 0 aromatic heterocycles. The second-order valence-electron chi connectivity index (χ2n) is 16.8. The summed E-state index contributed by atoms with van der Waals surface area (Å²) >= 11 is 0. The fraction of sp³-hybridized carbons (Fsp3) is 0.523. The molecule has 2 atom stereocenters. The maximum absolute atomic E-state index is 13.1. The zero-order valence-electron chi connectivity index (χ0n) is 30.9. The number of amides is 3. The number of benzene rings is 3. The number of piperidine rings is 2. The molecular formula is C44H53N5O4. The van der Waals surface area contributed by atoms with Gasteiger partial charge in [-0.3, -0.25) is 24.6 Å². The number of carbonyl (C=O) groups is 3. The molecule has 9 nitrogen and oxygen atoms in total. The molecule has 0 radical (unpaired) electrons. The third kappa shape index (κ3) is 6.59. The summed E-state index contributed by atoms with van der Waals surface area (Å²) in [7, 11) is 0. The lowest BCUT2D eigenvalue weighted by Gasteiger charge is -2.48. The number of anilines is 2. The number of nitrogens with one attached hydrogen (secondary N) is 1. The van der Waals surface area contributed by atoms with E-state index >= 15 is 0 Å². The number of piperazine rings is 1. The smallest absolute Gasteiger partial charge is 0.255 e. The average molecular weight is 716 g/mol. The maximum Gasteiger partial charge on any atom is 0.255 e. The zero-order chi connectivity index (χ0) is 36.1. The Morgan fingerprint density at radius 2 is 1.45 bits per heavy atom. The Balaban J connectivity index is 0.776. The molecule has 4 aliphatic heterocycles. The Morgan fingerprint density at radius 3 is 2.21 bits per heavy atom. The van der Waals surface area contributed by atoms with Crippen LogP contribution in [0.15, 0.2) is 60.7 Å². The van der Waals surface area contributed by atoms with Crippen LogP contribution in [0.3, 0.4) is 0 Å². The molecule has 53 heavy (non-hydrogen) atoms. The summed E-state index contributed by atoms with van der Waals surface area (Å²) in [5.41, 5.74) is 8.68. The highest BCUT2D eigenvalue weighted by molar-refractivity contribution is 6.05. The van der Waals surface area contributed by atoms with E-state index in [0.29, 0.717) is 41.5 Å². The van der Waals surface area contributed by atoms with Crippen LogP contribution >= 0.6 is 0 Å². The largest absolute Gasteiger partial charge is 0.508 e. The van der Waals surface area contributed by atoms with E-state index in [2.05, 4.69) is 62.5 Å². The number of imide groups is 1. The predicted octanol–water partition coefficient (Wildman–Crippen LogP) is 6.22. The summed E-state index contributed by atoms with van der Waals surface area (Å²) in [6.07, 6.45) is 12.0. The first-order valence-electron chi connectivity index (χ1n) is 20.3. The summed E-state index contributed by atoms with van der Waals surface area (Å²) in [5, 5.41) is 12.6. The summed E-state index contributed by atoms with van der Waals surface area (Å²) in [4.78, 5) is 46.5. The summed E-state index contributed by atoms with van der Waals surface area (Å²) in [6.45, 7) is 7.76. The van der Waals surface area contributed by atoms with Gasteiger partial charge in [-0.1, -0.05) is 37.5 Å². The fourth-order valence-corrected chi connectivity index (χ4v) is 10.8. The topological polar surface area (TPSA) is 96.4 Å². The van der Waals surface area contributed by atoms with Crippen molar-refractivity contribution < 1.29 is 19.5 Å². The van der Waals surface area contributed by atoms with Crippen LogP contribution in [0.5, 0.6) is 5.75 Å². The molecule has 9 heteroatoms. The quantitative estimate of drug-likeness (QED) is 0.293. The minimum atomic E-state index is -0.580. The number of phenols is 1. The fourth-order valence-electron chi connectivity index (χ4n) is 10.8. The molecule has 3 aromatic carbocycles. The maximum atomic E-state index is 13.1. The number of fused-ring (bicyclic) bond motifs is 2. The number of rotatable bonds is 6. The normalized spacial score (nSPS) is 25.1. The minimum Gasteiger partial charge on any atom is -0.508 e. The first-order valence-corrected chi connectivity index (χ1v) is 20.3. The van der Waals surface area contributed by atoms with Crippen molar-refractivity contribution in [2.24, 2.45) is 11.3 Å². The molecule has 2 aliphatic carbocycles. The molecule has 4 heterocycles. The summed E-state index contributed by atoms with van der Waals surface area (Å²) < 4.78 is 0. The lowest BCUT2D eigenvalue weighted by Crippen LogP contribution is -2.52. The van der Waals surface area contributed by atoms with E-state index in [0.717, 1.165) is 63.5 Å². The number of hydrogen-bond donors (Lipinski definition) is 2. The lowest BCUT2D eigenvalue weighted by molar-refractivity contribution is -0.136. The van der Waals surface area contributed by atoms with Gasteiger partial charge >= 0.3 is 0 Å². The molecule has 2 N–H and O–H groups in total. The summed E-state index contributed by atoms with van der Waals surface area (Å²) in [6, 6.07) is 21.2. The SMILES string of the molecule is O=C1CC[C@H](N2Cc3cc(N4CCN(CC5CCN(c6ccc([C@H]7c8ccc(O)cc8CCC78CCCCC8)cc6)CC5)CC4)ccc3C2=O)C(=O)N1. The Labute approximate surface area is 313 Å². The van der Waals surface area contributed by atoms with E-state index in [1.165, 1.54) is 73.7 Å². The standard InChI is InChI=1S/C44H53N5O4/c50-36-9-11-37-32(27-36)14-19-44(17-2-1-3-18-44)41(37)31-4-6-34(7-5-31)47-20-15-30(16-21-47)28-46-22-24-48(25-23-46)35-8-10-38-33(26-35)29-49(43(38)53)39-12-13-40(51)45-42(39)52/h4-11,26-27,30,39,41,50H,1-3,12-25,28-29H2,(H,45,51,52)/t39-,41-/m0/s1. The Morgan fingerprint density at radius 1 is 0.717 bits per heavy atom. The van der Waals surface area contributed by atoms with E-state index in [1.807, 2.05) is 18.2 Å². The van der Waals surface area contributed by atoms with Crippen LogP contribution in [0.1, 0.15) is 103 Å². The van der Waals surface area contributed by atoms with Crippen molar-refractivity contribution in [2.45, 2.75) is 89.1 Å². The number of carbonyl (C=O) groups excluding carboxylic acids is 3. The van der Waals surface area contributed by atoms with Gasteiger partial charge in [0.05, 0.1) is 0 Å². The second-order valence-corrected chi connectivity index (χ2v) is 16.8. The van der Waals surface area contributed by atoms with Gasteiger partial charge in [0.25, 0.3) is 5.91 Å². The first kappa shape index (κ1) is 34.4. The van der Waals surface area contributed by atoms with Gasteiger partial charge in [0, 0.05) is 81.6 Å². The number of nitrogens with zero attached hydrogens (tertiary/aromatic N) is 4. The Hall–Kier alpha value is -4.37. The van der Waals surface area contributed by atoms with Crippen LogP contribution in [0.25, 0.3) is 0 Å². The molecule has 1 saturated carbocycles. The molecule has 0 bridgehead atoms. The number of phenolic OH excluding ortho intramolecular Hbond substituents is 1. The Kier molecular flexibility index (Phi) is 9.17. The van der Waals surface area contributed by atoms with Crippen molar-refractivity contribution in [3.05, 3.63) is 88.5 Å². The van der Waals surface area contributed by atoms with Crippen LogP contribution < -0.4 is 15.1 Å². The number of aryl methyl sites for hydroxylation is 1. The van der Waals surface area contributed by atoms with E-state index in [4.69, 9.17) is 0 Å². The number of hydrogen-bond acceptors (Lipinski definition) is 7. The van der Waals surface area contributed by atoms with Gasteiger partial charge in [-0.05, 0) is 121 Å². The van der Waals surface area contributed by atoms with Gasteiger partial charge < -0.3 is 19.8 Å². The monoisotopic (exact) mass is 715 g/mol. The lowest BCUT2D eigenvalue weighted by atomic mass is 9.56. The van der Waals surface area contributed by atoms with Crippen LogP contribution in [-0.4, -0.2) is 84.5 Å². The van der Waals surface area contributed by atoms with Gasteiger partial charge in [-0.15, -0.1) is 0 Å². The number of aromatic hydroxyl groups is 1. The molecule has 3 amide bonds. The van der Waals surface area contributed by atoms with E-state index in [1.54, 1.807) is 4.90 Å². The van der Waals surface area contributed by atoms with Crippen molar-refractivity contribution in [2.75, 3.05) is 55.6 Å². The van der Waals surface area contributed by atoms with Gasteiger partial charge in [-0.2, -0.15) is 0 Å². The van der Waals surface area contributed by atoms with E-state index in [-0.39, 0.29) is 24.1 Å². The van der Waals surface area contributed by atoms with Gasteiger partial charge in [0.1, 0.15) is 11.8 Å². The van der Waals surface area contributed by atoms with Crippen LogP contribution in [0.2, 0.25) is 0 Å². The third-order valence-corrected chi connectivity index (χ3v) is 13.8. The molecule has 6 aliphatic rings. The highest BCUT2D eigenvalue weighted by Crippen LogP contribution is 2.57. The van der Waals surface area contributed by atoms with Crippen LogP contribution in [-0.2, 0) is 22.6 Å². The van der Waals surface area contributed by atoms with Crippen molar-refractivity contribution in [3.8, 4) is 5.75 Å². The van der Waals surface area contributed by atoms with Crippen molar-refractivity contribution in [1.82, 2.24) is 15.1 Å². The Bertz CT molecular complexity index is 1870. The van der Waals surface area contributed by atoms with Gasteiger partial charge in [0.2, 0.25) is 11.8 Å². The van der Waals surface area contributed by atoms with Gasteiger partial charge in [0.15, 0.2) is 0 Å². The molecule has 3 saturated heterocycles. The van der Waals surface area contributed by atoms with E-state index in [9.17, 15) is 19.5 Å². The van der Waals surface area contributed by atoms with Crippen molar-refractivity contribution in [3.63, 3.8) is 0 Å². The van der Waals surface area contributed by atoms with E-state index < -0.39 is 6.04 Å². The molecule has 4 fully saturated rings. The summed E-state index contributed by atoms with van der Waals surface area (Å²) in [5.74, 6) is 0.768. The molecule has 0 unspecified atom stereocenters. The first-order chi connectivity index (χ1) is 25.8. The van der Waals surface area contributed by atoms with Crippen molar-refractivity contribution in [1.29, 1.82) is 0 Å². The van der Waals surface area contributed by atoms with Crippen LogP contribution in [0, 0.1) is 11.3 Å². The molecule has 1 spiro atoms. The predicted molar refractivity (Wildman–Crippen MR) is 206 cm³/mol. The molecular weight excluding hydrogens is 663 g/mol. The molecule has 9 rings (SSSR count). The highest BCUT2D eigenvalue weighted by Gasteiger charge is 2.45. The van der Waals surface area contributed by atoms with Gasteiger partial charge in [-0.25, -0.2) is 0 Å². The van der Waals surface area contributed by atoms with Crippen molar-refractivity contribution >= 4 is 29.1 Å². The van der Waals surface area contributed by atoms with Crippen LogP contribution in [0.4, 0.5) is 11.4 Å². The average Bonchev–Trinajstić information content (AvgIpc) is 3.51. The molecule has 278 valence electrons.